The van der Waals surface area contributed by atoms with E-state index in [0.717, 1.165) is 29.4 Å². The number of hydrogen-bond donors (Lipinski definition) is 1. The average Bonchev–Trinajstić information content (AvgIpc) is 2.56. The summed E-state index contributed by atoms with van der Waals surface area (Å²) in [6.45, 7) is 2.15. The topological polar surface area (TPSA) is 42.0 Å². The van der Waals surface area contributed by atoms with Crippen molar-refractivity contribution in [3.63, 3.8) is 0 Å². The minimum absolute atomic E-state index is 0.0978. The van der Waals surface area contributed by atoms with E-state index in [1.54, 1.807) is 0 Å². The minimum atomic E-state index is -0.0978. The number of para-hydroxylation sites is 1. The SMILES string of the molecule is CCCc1ccnc2ccc(C(=O)Nc3ccccc3)cc12. The summed E-state index contributed by atoms with van der Waals surface area (Å²) in [5.41, 5.74) is 3.62. The van der Waals surface area contributed by atoms with Crippen LogP contribution in [0, 0.1) is 0 Å². The second-order valence-corrected chi connectivity index (χ2v) is 5.27. The molecule has 3 rings (SSSR count). The van der Waals surface area contributed by atoms with Gasteiger partial charge in [-0.05, 0) is 48.4 Å². The summed E-state index contributed by atoms with van der Waals surface area (Å²) in [4.78, 5) is 16.8. The molecule has 3 nitrogen and oxygen atoms in total. The summed E-state index contributed by atoms with van der Waals surface area (Å²) in [6, 6.07) is 17.2. The summed E-state index contributed by atoms with van der Waals surface area (Å²) in [7, 11) is 0. The van der Waals surface area contributed by atoms with E-state index in [1.807, 2.05) is 60.8 Å². The number of aryl methyl sites for hydroxylation is 1. The number of carbonyl (C=O) groups excluding carboxylic acids is 1. The predicted molar refractivity (Wildman–Crippen MR) is 90.1 cm³/mol. The second-order valence-electron chi connectivity index (χ2n) is 5.27. The highest BCUT2D eigenvalue weighted by atomic mass is 16.1. The van der Waals surface area contributed by atoms with Gasteiger partial charge in [-0.3, -0.25) is 9.78 Å². The molecular formula is C19H18N2O. The maximum absolute atomic E-state index is 12.4. The van der Waals surface area contributed by atoms with Gasteiger partial charge in [0.2, 0.25) is 0 Å². The summed E-state index contributed by atoms with van der Waals surface area (Å²) in [6.07, 6.45) is 3.89. The van der Waals surface area contributed by atoms with Gasteiger partial charge < -0.3 is 5.32 Å². The number of pyridine rings is 1. The quantitative estimate of drug-likeness (QED) is 0.772. The largest absolute Gasteiger partial charge is 0.322 e. The van der Waals surface area contributed by atoms with E-state index in [-0.39, 0.29) is 5.91 Å². The standard InChI is InChI=1S/C19H18N2O/c1-2-6-14-11-12-20-18-10-9-15(13-17(14)18)19(22)21-16-7-4-3-5-8-16/h3-5,7-13H,2,6H2,1H3,(H,21,22). The van der Waals surface area contributed by atoms with Crippen LogP contribution in [-0.2, 0) is 6.42 Å². The molecule has 0 bridgehead atoms. The van der Waals surface area contributed by atoms with Gasteiger partial charge in [0.15, 0.2) is 0 Å². The molecule has 0 aliphatic rings. The summed E-state index contributed by atoms with van der Waals surface area (Å²) in [5.74, 6) is -0.0978. The van der Waals surface area contributed by atoms with Crippen molar-refractivity contribution in [2.45, 2.75) is 19.8 Å². The molecule has 2 aromatic carbocycles. The van der Waals surface area contributed by atoms with Crippen LogP contribution in [-0.4, -0.2) is 10.9 Å². The Hall–Kier alpha value is -2.68. The van der Waals surface area contributed by atoms with Crippen LogP contribution >= 0.6 is 0 Å². The molecule has 0 radical (unpaired) electrons. The van der Waals surface area contributed by atoms with E-state index in [0.29, 0.717) is 5.56 Å². The van der Waals surface area contributed by atoms with Crippen LogP contribution in [0.3, 0.4) is 0 Å². The summed E-state index contributed by atoms with van der Waals surface area (Å²) >= 11 is 0. The summed E-state index contributed by atoms with van der Waals surface area (Å²) in [5, 5.41) is 3.98. The number of rotatable bonds is 4. The zero-order chi connectivity index (χ0) is 15.4. The average molecular weight is 290 g/mol. The molecule has 3 aromatic rings. The van der Waals surface area contributed by atoms with Crippen molar-refractivity contribution in [2.75, 3.05) is 5.32 Å². The Morgan fingerprint density at radius 3 is 2.68 bits per heavy atom. The maximum atomic E-state index is 12.4. The number of fused-ring (bicyclic) bond motifs is 1. The molecule has 1 N–H and O–H groups in total. The molecule has 0 aliphatic carbocycles. The molecule has 0 aliphatic heterocycles. The van der Waals surface area contributed by atoms with E-state index in [9.17, 15) is 4.79 Å². The van der Waals surface area contributed by atoms with Crippen LogP contribution < -0.4 is 5.32 Å². The third-order valence-corrected chi connectivity index (χ3v) is 3.65. The van der Waals surface area contributed by atoms with Gasteiger partial charge >= 0.3 is 0 Å². The van der Waals surface area contributed by atoms with Gasteiger partial charge in [-0.15, -0.1) is 0 Å². The first kappa shape index (κ1) is 14.3. The number of aromatic nitrogens is 1. The highest BCUT2D eigenvalue weighted by Crippen LogP contribution is 2.20. The van der Waals surface area contributed by atoms with Crippen molar-refractivity contribution in [2.24, 2.45) is 0 Å². The van der Waals surface area contributed by atoms with Crippen LogP contribution in [0.2, 0.25) is 0 Å². The molecule has 1 amide bonds. The van der Waals surface area contributed by atoms with Gasteiger partial charge in [0, 0.05) is 22.8 Å². The van der Waals surface area contributed by atoms with Gasteiger partial charge in [0.05, 0.1) is 5.52 Å². The number of amides is 1. The Labute approximate surface area is 130 Å². The Balaban J connectivity index is 1.94. The van der Waals surface area contributed by atoms with Crippen molar-refractivity contribution in [3.8, 4) is 0 Å². The van der Waals surface area contributed by atoms with Crippen LogP contribution in [0.5, 0.6) is 0 Å². The Bertz CT molecular complexity index is 797. The molecule has 0 spiro atoms. The normalized spacial score (nSPS) is 10.6. The van der Waals surface area contributed by atoms with Gasteiger partial charge in [0.1, 0.15) is 0 Å². The predicted octanol–water partition coefficient (Wildman–Crippen LogP) is 4.44. The Morgan fingerprint density at radius 2 is 1.91 bits per heavy atom. The number of anilines is 1. The van der Waals surface area contributed by atoms with E-state index in [2.05, 4.69) is 17.2 Å². The van der Waals surface area contributed by atoms with Crippen molar-refractivity contribution in [1.29, 1.82) is 0 Å². The third kappa shape index (κ3) is 2.98. The summed E-state index contributed by atoms with van der Waals surface area (Å²) < 4.78 is 0. The first-order valence-corrected chi connectivity index (χ1v) is 7.52. The molecule has 0 saturated carbocycles. The molecule has 3 heteroatoms. The molecule has 1 aromatic heterocycles. The fourth-order valence-electron chi connectivity index (χ4n) is 2.56. The van der Waals surface area contributed by atoms with Crippen molar-refractivity contribution in [3.05, 3.63) is 71.9 Å². The molecule has 0 fully saturated rings. The monoisotopic (exact) mass is 290 g/mol. The van der Waals surface area contributed by atoms with Crippen LogP contribution in [0.25, 0.3) is 10.9 Å². The lowest BCUT2D eigenvalue weighted by Crippen LogP contribution is -2.11. The minimum Gasteiger partial charge on any atom is -0.322 e. The highest BCUT2D eigenvalue weighted by Gasteiger charge is 2.09. The molecule has 0 unspecified atom stereocenters. The second kappa shape index (κ2) is 6.39. The smallest absolute Gasteiger partial charge is 0.255 e. The van der Waals surface area contributed by atoms with Crippen molar-refractivity contribution in [1.82, 2.24) is 4.98 Å². The Morgan fingerprint density at radius 1 is 1.09 bits per heavy atom. The van der Waals surface area contributed by atoms with E-state index < -0.39 is 0 Å². The molecule has 110 valence electrons. The third-order valence-electron chi connectivity index (χ3n) is 3.65. The van der Waals surface area contributed by atoms with Crippen molar-refractivity contribution < 1.29 is 4.79 Å². The molecule has 22 heavy (non-hydrogen) atoms. The van der Waals surface area contributed by atoms with Gasteiger partial charge in [-0.1, -0.05) is 31.5 Å². The fraction of sp³-hybridized carbons (Fsp3) is 0.158. The number of nitrogens with zero attached hydrogens (tertiary/aromatic N) is 1. The van der Waals surface area contributed by atoms with Gasteiger partial charge in [0.25, 0.3) is 5.91 Å². The maximum Gasteiger partial charge on any atom is 0.255 e. The van der Waals surface area contributed by atoms with E-state index in [1.165, 1.54) is 5.56 Å². The highest BCUT2D eigenvalue weighted by molar-refractivity contribution is 6.06. The van der Waals surface area contributed by atoms with Gasteiger partial charge in [-0.2, -0.15) is 0 Å². The molecule has 0 saturated heterocycles. The molecule has 0 atom stereocenters. The molecule has 1 heterocycles. The van der Waals surface area contributed by atoms with Gasteiger partial charge in [-0.25, -0.2) is 0 Å². The van der Waals surface area contributed by atoms with Crippen LogP contribution in [0.1, 0.15) is 29.3 Å². The van der Waals surface area contributed by atoms with Crippen LogP contribution in [0.4, 0.5) is 5.69 Å². The number of nitrogens with one attached hydrogen (secondary N) is 1. The zero-order valence-electron chi connectivity index (χ0n) is 12.5. The first-order valence-electron chi connectivity index (χ1n) is 7.52. The fourth-order valence-corrected chi connectivity index (χ4v) is 2.56. The zero-order valence-corrected chi connectivity index (χ0v) is 12.5. The van der Waals surface area contributed by atoms with E-state index >= 15 is 0 Å². The number of benzene rings is 2. The van der Waals surface area contributed by atoms with Crippen LogP contribution in [0.15, 0.2) is 60.8 Å². The lowest BCUT2D eigenvalue weighted by molar-refractivity contribution is 0.102. The lowest BCUT2D eigenvalue weighted by atomic mass is 10.0. The first-order chi connectivity index (χ1) is 10.8. The van der Waals surface area contributed by atoms with E-state index in [4.69, 9.17) is 0 Å². The molecular weight excluding hydrogens is 272 g/mol. The number of carbonyl (C=O) groups is 1. The number of hydrogen-bond acceptors (Lipinski definition) is 2. The Kier molecular flexibility index (Phi) is 4.15. The van der Waals surface area contributed by atoms with Crippen molar-refractivity contribution >= 4 is 22.5 Å². The lowest BCUT2D eigenvalue weighted by Gasteiger charge is -2.08.